The minimum Gasteiger partial charge on any atom is -0.166 e. The van der Waals surface area contributed by atoms with Crippen LogP contribution in [0.2, 0.25) is 0 Å². The first-order valence-electron chi connectivity index (χ1n) is 12.2. The number of hydrogen-bond acceptors (Lipinski definition) is 0. The van der Waals surface area contributed by atoms with Crippen molar-refractivity contribution in [2.45, 2.75) is 83.2 Å². The lowest BCUT2D eigenvalue weighted by Crippen LogP contribution is -2.30. The molecule has 3 heteroatoms. The predicted molar refractivity (Wildman–Crippen MR) is 122 cm³/mol. The van der Waals surface area contributed by atoms with E-state index in [0.29, 0.717) is 5.92 Å². The monoisotopic (exact) mass is 428 g/mol. The molecule has 0 N–H and O–H groups in total. The fourth-order valence-corrected chi connectivity index (χ4v) is 6.03. The molecule has 4 unspecified atom stereocenters. The van der Waals surface area contributed by atoms with E-state index in [4.69, 9.17) is 0 Å². The first-order chi connectivity index (χ1) is 14.9. The van der Waals surface area contributed by atoms with E-state index in [1.54, 1.807) is 12.1 Å². The number of benzene rings is 2. The van der Waals surface area contributed by atoms with E-state index in [9.17, 15) is 13.2 Å². The summed E-state index contributed by atoms with van der Waals surface area (Å²) in [6.45, 7) is 2.29. The van der Waals surface area contributed by atoms with Crippen LogP contribution >= 0.6 is 0 Å². The Morgan fingerprint density at radius 1 is 0.742 bits per heavy atom. The Morgan fingerprint density at radius 2 is 1.35 bits per heavy atom. The molecule has 0 bridgehead atoms. The quantitative estimate of drug-likeness (QED) is 0.402. The number of unbranched alkanes of at least 4 members (excludes halogenated alkanes) is 2. The van der Waals surface area contributed by atoms with Crippen molar-refractivity contribution in [1.82, 2.24) is 0 Å². The van der Waals surface area contributed by atoms with E-state index in [-0.39, 0.29) is 0 Å². The van der Waals surface area contributed by atoms with Gasteiger partial charge in [0, 0.05) is 0 Å². The van der Waals surface area contributed by atoms with E-state index in [1.807, 2.05) is 0 Å². The fourth-order valence-electron chi connectivity index (χ4n) is 6.03. The van der Waals surface area contributed by atoms with Gasteiger partial charge in [0.1, 0.15) is 0 Å². The normalized spacial score (nSPS) is 26.5. The molecule has 0 aromatic heterocycles. The summed E-state index contributed by atoms with van der Waals surface area (Å²) in [5.74, 6) is 3.42. The van der Waals surface area contributed by atoms with Crippen molar-refractivity contribution >= 4 is 0 Å². The van der Waals surface area contributed by atoms with E-state index >= 15 is 0 Å². The molecule has 0 spiro atoms. The Bertz CT molecular complexity index is 819. The van der Waals surface area contributed by atoms with Gasteiger partial charge in [-0.2, -0.15) is 13.2 Å². The van der Waals surface area contributed by atoms with Crippen LogP contribution in [0.3, 0.4) is 0 Å². The predicted octanol–water partition coefficient (Wildman–Crippen LogP) is 9.25. The minimum absolute atomic E-state index is 0.593. The Morgan fingerprint density at radius 3 is 2.00 bits per heavy atom. The molecule has 4 rings (SSSR count). The van der Waals surface area contributed by atoms with E-state index in [0.717, 1.165) is 28.9 Å². The second-order valence-electron chi connectivity index (χ2n) is 9.90. The highest BCUT2D eigenvalue weighted by atomic mass is 19.4. The molecule has 0 amide bonds. The summed E-state index contributed by atoms with van der Waals surface area (Å²) >= 11 is 0. The molecule has 2 saturated carbocycles. The van der Waals surface area contributed by atoms with Gasteiger partial charge in [-0.05, 0) is 84.6 Å². The van der Waals surface area contributed by atoms with Gasteiger partial charge in [-0.3, -0.25) is 0 Å². The maximum absolute atomic E-state index is 12.8. The van der Waals surface area contributed by atoms with Crippen LogP contribution < -0.4 is 0 Å². The highest BCUT2D eigenvalue weighted by molar-refractivity contribution is 5.64. The van der Waals surface area contributed by atoms with Crippen molar-refractivity contribution in [2.75, 3.05) is 0 Å². The lowest BCUT2D eigenvalue weighted by atomic mass is 9.63. The number of alkyl halides is 3. The second-order valence-corrected chi connectivity index (χ2v) is 9.90. The van der Waals surface area contributed by atoms with Crippen LogP contribution in [-0.4, -0.2) is 0 Å². The molecule has 0 aliphatic heterocycles. The summed E-state index contributed by atoms with van der Waals surface area (Å²) in [7, 11) is 0. The van der Waals surface area contributed by atoms with Crippen LogP contribution in [0.1, 0.15) is 88.2 Å². The molecular weight excluding hydrogens is 393 g/mol. The molecule has 4 atom stereocenters. The number of hydrogen-bond donors (Lipinski definition) is 0. The van der Waals surface area contributed by atoms with Gasteiger partial charge >= 0.3 is 6.18 Å². The third kappa shape index (κ3) is 5.54. The van der Waals surface area contributed by atoms with Crippen molar-refractivity contribution in [1.29, 1.82) is 0 Å². The smallest absolute Gasteiger partial charge is 0.166 e. The highest BCUT2D eigenvalue weighted by Gasteiger charge is 2.35. The summed E-state index contributed by atoms with van der Waals surface area (Å²) in [6.07, 6.45) is 9.50. The van der Waals surface area contributed by atoms with E-state index < -0.39 is 11.7 Å². The zero-order chi connectivity index (χ0) is 21.8. The summed E-state index contributed by atoms with van der Waals surface area (Å²) in [6, 6.07) is 14.0. The van der Waals surface area contributed by atoms with Gasteiger partial charge in [-0.15, -0.1) is 0 Å². The van der Waals surface area contributed by atoms with Crippen molar-refractivity contribution in [2.24, 2.45) is 17.8 Å². The molecule has 2 aromatic rings. The highest BCUT2D eigenvalue weighted by Crippen LogP contribution is 2.48. The van der Waals surface area contributed by atoms with Crippen molar-refractivity contribution in [3.8, 4) is 11.1 Å². The zero-order valence-electron chi connectivity index (χ0n) is 18.6. The van der Waals surface area contributed by atoms with Gasteiger partial charge in [0.2, 0.25) is 0 Å². The van der Waals surface area contributed by atoms with Gasteiger partial charge in [-0.25, -0.2) is 0 Å². The maximum Gasteiger partial charge on any atom is 0.416 e. The maximum atomic E-state index is 12.8. The second kappa shape index (κ2) is 9.79. The SMILES string of the molecule is CCCCCC1CCC2CC(c3ccc(-c4ccc(C(F)(F)F)cc4)cc3)CCC2C1. The fraction of sp³-hybridized carbons (Fsp3) is 0.571. The average molecular weight is 429 g/mol. The van der Waals surface area contributed by atoms with Crippen LogP contribution in [0.15, 0.2) is 48.5 Å². The van der Waals surface area contributed by atoms with Crippen molar-refractivity contribution in [3.05, 3.63) is 59.7 Å². The summed E-state index contributed by atoms with van der Waals surface area (Å²) in [4.78, 5) is 0. The summed E-state index contributed by atoms with van der Waals surface area (Å²) in [5.41, 5.74) is 2.63. The first-order valence-corrected chi connectivity index (χ1v) is 12.2. The Hall–Kier alpha value is -1.77. The molecule has 2 aromatic carbocycles. The third-order valence-electron chi connectivity index (χ3n) is 7.87. The van der Waals surface area contributed by atoms with Gasteiger partial charge in [0.05, 0.1) is 5.56 Å². The summed E-state index contributed by atoms with van der Waals surface area (Å²) in [5, 5.41) is 0. The van der Waals surface area contributed by atoms with Crippen LogP contribution in [-0.2, 0) is 6.18 Å². The van der Waals surface area contributed by atoms with E-state index in [1.165, 1.54) is 81.9 Å². The third-order valence-corrected chi connectivity index (χ3v) is 7.87. The van der Waals surface area contributed by atoms with Crippen LogP contribution in [0, 0.1) is 17.8 Å². The minimum atomic E-state index is -4.28. The Labute approximate surface area is 185 Å². The summed E-state index contributed by atoms with van der Waals surface area (Å²) < 4.78 is 38.4. The van der Waals surface area contributed by atoms with Gasteiger partial charge < -0.3 is 0 Å². The number of rotatable bonds is 6. The first kappa shape index (κ1) is 22.4. The van der Waals surface area contributed by atoms with Crippen LogP contribution in [0.25, 0.3) is 11.1 Å². The van der Waals surface area contributed by atoms with Crippen molar-refractivity contribution in [3.63, 3.8) is 0 Å². The van der Waals surface area contributed by atoms with Crippen LogP contribution in [0.5, 0.6) is 0 Å². The van der Waals surface area contributed by atoms with Gasteiger partial charge in [-0.1, -0.05) is 75.4 Å². The molecule has 0 radical (unpaired) electrons. The molecule has 31 heavy (non-hydrogen) atoms. The molecule has 2 aliphatic carbocycles. The molecule has 0 saturated heterocycles. The molecule has 2 fully saturated rings. The van der Waals surface area contributed by atoms with Crippen molar-refractivity contribution < 1.29 is 13.2 Å². The molecular formula is C28H35F3. The van der Waals surface area contributed by atoms with Gasteiger partial charge in [0.25, 0.3) is 0 Å². The lowest BCUT2D eigenvalue weighted by Gasteiger charge is -2.42. The van der Waals surface area contributed by atoms with Crippen LogP contribution in [0.4, 0.5) is 13.2 Å². The number of halogens is 3. The molecule has 0 nitrogen and oxygen atoms in total. The Balaban J connectivity index is 1.34. The largest absolute Gasteiger partial charge is 0.416 e. The number of fused-ring (bicyclic) bond motifs is 1. The molecule has 2 aliphatic rings. The molecule has 0 heterocycles. The van der Waals surface area contributed by atoms with E-state index in [2.05, 4.69) is 31.2 Å². The topological polar surface area (TPSA) is 0 Å². The molecule has 168 valence electrons. The lowest BCUT2D eigenvalue weighted by molar-refractivity contribution is -0.137. The van der Waals surface area contributed by atoms with Gasteiger partial charge in [0.15, 0.2) is 0 Å². The standard InChI is InChI=1S/C28H35F3/c1-2-3-4-5-20-6-7-26-19-25(13-12-24(26)18-20)23-10-8-21(9-11-23)22-14-16-27(17-15-22)28(29,30)31/h8-11,14-17,20,24-26H,2-7,12-13,18-19H2,1H3. The zero-order valence-corrected chi connectivity index (χ0v) is 18.6. The Kier molecular flexibility index (Phi) is 7.08. The average Bonchev–Trinajstić information content (AvgIpc) is 2.78.